The van der Waals surface area contributed by atoms with Crippen molar-refractivity contribution in [3.8, 4) is 0 Å². The molecule has 3 atom stereocenters. The first-order chi connectivity index (χ1) is 12.2. The summed E-state index contributed by atoms with van der Waals surface area (Å²) in [6.45, 7) is 0.681. The maximum Gasteiger partial charge on any atom is 0.123 e. The first-order valence-corrected chi connectivity index (χ1v) is 8.45. The minimum Gasteiger partial charge on any atom is -0.388 e. The molecule has 1 aromatic heterocycles. The van der Waals surface area contributed by atoms with Gasteiger partial charge in [0.2, 0.25) is 0 Å². The lowest BCUT2D eigenvalue weighted by Gasteiger charge is -2.24. The number of benzene rings is 2. The zero-order valence-corrected chi connectivity index (χ0v) is 13.7. The number of aromatic nitrogens is 2. The van der Waals surface area contributed by atoms with Crippen molar-refractivity contribution in [1.29, 1.82) is 0 Å². The molecule has 2 aromatic carbocycles. The van der Waals surface area contributed by atoms with Crippen LogP contribution in [0.2, 0.25) is 0 Å². The second kappa shape index (κ2) is 6.78. The topological polar surface area (TPSA) is 50.1 Å². The Labute approximate surface area is 146 Å². The number of hydrogen-bond donors (Lipinski definition) is 2. The maximum atomic E-state index is 13.3. The molecule has 0 radical (unpaired) electrons. The predicted octanol–water partition coefficient (Wildman–Crippen LogP) is 3.53. The van der Waals surface area contributed by atoms with Crippen LogP contribution in [0.15, 0.2) is 67.3 Å². The van der Waals surface area contributed by atoms with E-state index in [1.54, 1.807) is 24.7 Å². The molecule has 0 aliphatic heterocycles. The van der Waals surface area contributed by atoms with Crippen molar-refractivity contribution in [2.24, 2.45) is 0 Å². The predicted molar refractivity (Wildman–Crippen MR) is 93.3 cm³/mol. The van der Waals surface area contributed by atoms with Crippen LogP contribution >= 0.6 is 0 Å². The number of imidazole rings is 1. The third-order valence-corrected chi connectivity index (χ3v) is 4.82. The average molecular weight is 337 g/mol. The normalized spacial score (nSPS) is 20.4. The third kappa shape index (κ3) is 3.34. The number of hydrogen-bond acceptors (Lipinski definition) is 3. The summed E-state index contributed by atoms with van der Waals surface area (Å²) in [5, 5.41) is 14.0. The Hall–Kier alpha value is -2.50. The highest BCUT2D eigenvalue weighted by Crippen LogP contribution is 2.39. The average Bonchev–Trinajstić information content (AvgIpc) is 3.24. The number of nitrogens with one attached hydrogen (secondary N) is 1. The van der Waals surface area contributed by atoms with Gasteiger partial charge in [0.05, 0.1) is 18.5 Å². The Morgan fingerprint density at radius 2 is 1.92 bits per heavy atom. The van der Waals surface area contributed by atoms with Gasteiger partial charge >= 0.3 is 0 Å². The molecule has 0 fully saturated rings. The minimum absolute atomic E-state index is 0.0156. The van der Waals surface area contributed by atoms with Crippen LogP contribution in [0.4, 0.5) is 4.39 Å². The van der Waals surface area contributed by atoms with E-state index < -0.39 is 6.10 Å². The number of halogens is 1. The maximum absolute atomic E-state index is 13.3. The summed E-state index contributed by atoms with van der Waals surface area (Å²) in [6.07, 6.45) is 5.62. The smallest absolute Gasteiger partial charge is 0.123 e. The largest absolute Gasteiger partial charge is 0.388 e. The standard InChI is InChI=1S/C20H20FN3O/c21-15-7-5-14(6-8-15)19(12-24-10-9-22-13-24)23-18-11-20(25)17-4-2-1-3-16(17)18/h1-10,13,18-20,23,25H,11-12H2. The van der Waals surface area contributed by atoms with Gasteiger partial charge in [-0.2, -0.15) is 0 Å². The molecule has 1 aliphatic carbocycles. The van der Waals surface area contributed by atoms with Crippen LogP contribution in [-0.2, 0) is 6.54 Å². The Bertz CT molecular complexity index is 832. The van der Waals surface area contributed by atoms with Gasteiger partial charge in [0.15, 0.2) is 0 Å². The van der Waals surface area contributed by atoms with E-state index in [4.69, 9.17) is 0 Å². The van der Waals surface area contributed by atoms with E-state index in [-0.39, 0.29) is 17.9 Å². The summed E-state index contributed by atoms with van der Waals surface area (Å²) in [5.41, 5.74) is 3.13. The van der Waals surface area contributed by atoms with Crippen LogP contribution in [0.25, 0.3) is 0 Å². The van der Waals surface area contributed by atoms with Crippen molar-refractivity contribution in [2.75, 3.05) is 0 Å². The van der Waals surface area contributed by atoms with E-state index in [9.17, 15) is 9.50 Å². The van der Waals surface area contributed by atoms with E-state index in [2.05, 4.69) is 16.4 Å². The van der Waals surface area contributed by atoms with Crippen molar-refractivity contribution in [3.63, 3.8) is 0 Å². The monoisotopic (exact) mass is 337 g/mol. The first kappa shape index (κ1) is 16.0. The van der Waals surface area contributed by atoms with Gasteiger partial charge in [0, 0.05) is 25.0 Å². The van der Waals surface area contributed by atoms with Crippen LogP contribution in [0.3, 0.4) is 0 Å². The zero-order chi connectivity index (χ0) is 17.2. The molecule has 3 aromatic rings. The summed E-state index contributed by atoms with van der Waals surface area (Å²) < 4.78 is 15.3. The third-order valence-electron chi connectivity index (χ3n) is 4.82. The lowest BCUT2D eigenvalue weighted by atomic mass is 10.0. The van der Waals surface area contributed by atoms with Crippen molar-refractivity contribution in [3.05, 3.63) is 89.8 Å². The van der Waals surface area contributed by atoms with E-state index in [1.165, 1.54) is 12.1 Å². The van der Waals surface area contributed by atoms with Gasteiger partial charge in [-0.1, -0.05) is 36.4 Å². The van der Waals surface area contributed by atoms with E-state index in [0.717, 1.165) is 16.7 Å². The zero-order valence-electron chi connectivity index (χ0n) is 13.7. The summed E-state index contributed by atoms with van der Waals surface area (Å²) in [6, 6.07) is 14.6. The summed E-state index contributed by atoms with van der Waals surface area (Å²) in [5.74, 6) is -0.244. The number of nitrogens with zero attached hydrogens (tertiary/aromatic N) is 2. The van der Waals surface area contributed by atoms with E-state index >= 15 is 0 Å². The number of rotatable bonds is 5. The Kier molecular flexibility index (Phi) is 4.34. The molecule has 1 aliphatic rings. The molecule has 4 rings (SSSR count). The molecule has 0 bridgehead atoms. The van der Waals surface area contributed by atoms with E-state index in [0.29, 0.717) is 13.0 Å². The highest BCUT2D eigenvalue weighted by molar-refractivity contribution is 5.37. The quantitative estimate of drug-likeness (QED) is 0.749. The highest BCUT2D eigenvalue weighted by atomic mass is 19.1. The van der Waals surface area contributed by atoms with Crippen molar-refractivity contribution < 1.29 is 9.50 Å². The van der Waals surface area contributed by atoms with Crippen LogP contribution in [-0.4, -0.2) is 14.7 Å². The second-order valence-electron chi connectivity index (χ2n) is 6.46. The number of aliphatic hydroxyl groups excluding tert-OH is 1. The molecule has 128 valence electrons. The van der Waals surface area contributed by atoms with Gasteiger partial charge in [0.25, 0.3) is 0 Å². The van der Waals surface area contributed by atoms with Gasteiger partial charge < -0.3 is 15.0 Å². The van der Waals surface area contributed by atoms with Crippen LogP contribution in [0.1, 0.15) is 41.3 Å². The fourth-order valence-electron chi connectivity index (χ4n) is 3.56. The van der Waals surface area contributed by atoms with Gasteiger partial charge in [-0.15, -0.1) is 0 Å². The Morgan fingerprint density at radius 3 is 2.64 bits per heavy atom. The summed E-state index contributed by atoms with van der Waals surface area (Å²) >= 11 is 0. The van der Waals surface area contributed by atoms with Gasteiger partial charge in [0.1, 0.15) is 5.82 Å². The molecule has 0 amide bonds. The molecule has 0 spiro atoms. The lowest BCUT2D eigenvalue weighted by molar-refractivity contribution is 0.166. The van der Waals surface area contributed by atoms with Gasteiger partial charge in [-0.3, -0.25) is 0 Å². The van der Waals surface area contributed by atoms with Crippen molar-refractivity contribution >= 4 is 0 Å². The molecule has 2 N–H and O–H groups in total. The lowest BCUT2D eigenvalue weighted by Crippen LogP contribution is -2.28. The van der Waals surface area contributed by atoms with Crippen molar-refractivity contribution in [2.45, 2.75) is 31.2 Å². The fourth-order valence-corrected chi connectivity index (χ4v) is 3.56. The van der Waals surface area contributed by atoms with Crippen LogP contribution < -0.4 is 5.32 Å². The first-order valence-electron chi connectivity index (χ1n) is 8.45. The SMILES string of the molecule is OC1CC(NC(Cn2ccnc2)c2ccc(F)cc2)c2ccccc21. The molecule has 1 heterocycles. The second-order valence-corrected chi connectivity index (χ2v) is 6.46. The molecular weight excluding hydrogens is 317 g/mol. The van der Waals surface area contributed by atoms with Gasteiger partial charge in [-0.25, -0.2) is 9.37 Å². The number of aliphatic hydroxyl groups is 1. The minimum atomic E-state index is -0.448. The van der Waals surface area contributed by atoms with Crippen molar-refractivity contribution in [1.82, 2.24) is 14.9 Å². The number of fused-ring (bicyclic) bond motifs is 1. The Balaban J connectivity index is 1.61. The molecule has 4 nitrogen and oxygen atoms in total. The molecule has 0 saturated carbocycles. The molecule has 25 heavy (non-hydrogen) atoms. The van der Waals surface area contributed by atoms with Crippen LogP contribution in [0.5, 0.6) is 0 Å². The van der Waals surface area contributed by atoms with Crippen LogP contribution in [0, 0.1) is 5.82 Å². The Morgan fingerprint density at radius 1 is 1.16 bits per heavy atom. The highest BCUT2D eigenvalue weighted by Gasteiger charge is 2.31. The summed E-state index contributed by atoms with van der Waals surface area (Å²) in [7, 11) is 0. The fraction of sp³-hybridized carbons (Fsp3) is 0.250. The van der Waals surface area contributed by atoms with Gasteiger partial charge in [-0.05, 0) is 35.2 Å². The molecule has 3 unspecified atom stereocenters. The molecular formula is C20H20FN3O. The summed E-state index contributed by atoms with van der Waals surface area (Å²) in [4.78, 5) is 4.10. The molecule has 0 saturated heterocycles. The van der Waals surface area contributed by atoms with E-state index in [1.807, 2.05) is 29.0 Å². The molecule has 5 heteroatoms.